The van der Waals surface area contributed by atoms with Crippen molar-refractivity contribution in [2.75, 3.05) is 27.2 Å². The van der Waals surface area contributed by atoms with Crippen molar-refractivity contribution in [1.82, 2.24) is 4.90 Å². The first-order valence-corrected chi connectivity index (χ1v) is 4.40. The molecule has 1 atom stereocenters. The second-order valence-corrected chi connectivity index (χ2v) is 4.63. The fourth-order valence-corrected chi connectivity index (χ4v) is 2.56. The molecule has 0 aromatic rings. The molecule has 2 heteroatoms. The summed E-state index contributed by atoms with van der Waals surface area (Å²) in [6, 6.07) is 0. The Morgan fingerprint density at radius 1 is 1.36 bits per heavy atom. The van der Waals surface area contributed by atoms with Gasteiger partial charge in [0, 0.05) is 12.0 Å². The van der Waals surface area contributed by atoms with E-state index in [1.807, 2.05) is 0 Å². The maximum absolute atomic E-state index is 9.25. The predicted octanol–water partition coefficient (Wildman–Crippen LogP) is 0.711. The lowest BCUT2D eigenvalue weighted by atomic mass is 10.0. The van der Waals surface area contributed by atoms with Gasteiger partial charge in [0.05, 0.1) is 6.61 Å². The van der Waals surface area contributed by atoms with Crippen LogP contribution >= 0.6 is 0 Å². The number of aliphatic hydroxyl groups excluding tert-OH is 1. The zero-order valence-corrected chi connectivity index (χ0v) is 7.43. The quantitative estimate of drug-likeness (QED) is 0.649. The molecule has 11 heavy (non-hydrogen) atoms. The molecule has 1 spiro atoms. The lowest BCUT2D eigenvalue weighted by molar-refractivity contribution is 0.159. The Morgan fingerprint density at radius 2 is 2.00 bits per heavy atom. The number of rotatable bonds is 3. The molecule has 1 unspecified atom stereocenters. The van der Waals surface area contributed by atoms with E-state index >= 15 is 0 Å². The van der Waals surface area contributed by atoms with Crippen LogP contribution in [0.3, 0.4) is 0 Å². The highest BCUT2D eigenvalue weighted by Gasteiger charge is 2.73. The van der Waals surface area contributed by atoms with E-state index < -0.39 is 0 Å². The smallest absolute Gasteiger partial charge is 0.0505 e. The van der Waals surface area contributed by atoms with Crippen molar-refractivity contribution in [1.29, 1.82) is 0 Å². The van der Waals surface area contributed by atoms with Gasteiger partial charge in [-0.2, -0.15) is 0 Å². The van der Waals surface area contributed by atoms with E-state index in [9.17, 15) is 5.11 Å². The molecule has 64 valence electrons. The minimum Gasteiger partial charge on any atom is -0.396 e. The van der Waals surface area contributed by atoms with Crippen LogP contribution in [0, 0.1) is 10.8 Å². The predicted molar refractivity (Wildman–Crippen MR) is 44.4 cm³/mol. The lowest BCUT2D eigenvalue weighted by Crippen LogP contribution is -2.27. The Bertz CT molecular complexity index is 174. The Hall–Kier alpha value is -0.0800. The molecular formula is C9H17NO. The van der Waals surface area contributed by atoms with E-state index in [0.29, 0.717) is 17.4 Å². The fourth-order valence-electron chi connectivity index (χ4n) is 2.56. The number of hydrogen-bond acceptors (Lipinski definition) is 2. The molecule has 2 saturated carbocycles. The van der Waals surface area contributed by atoms with Gasteiger partial charge in [0.2, 0.25) is 0 Å². The van der Waals surface area contributed by atoms with E-state index in [-0.39, 0.29) is 0 Å². The summed E-state index contributed by atoms with van der Waals surface area (Å²) in [5.41, 5.74) is 0.905. The third kappa shape index (κ3) is 0.926. The van der Waals surface area contributed by atoms with Gasteiger partial charge in [-0.25, -0.2) is 0 Å². The summed E-state index contributed by atoms with van der Waals surface area (Å²) in [5.74, 6) is 0. The van der Waals surface area contributed by atoms with Gasteiger partial charge < -0.3 is 10.0 Å². The average Bonchev–Trinajstić information content (AvgIpc) is 2.77. The molecule has 0 amide bonds. The molecule has 0 aromatic carbocycles. The maximum atomic E-state index is 9.25. The molecule has 2 rings (SSSR count). The van der Waals surface area contributed by atoms with Crippen molar-refractivity contribution in [2.45, 2.75) is 19.3 Å². The van der Waals surface area contributed by atoms with E-state index in [1.54, 1.807) is 0 Å². The molecule has 0 aliphatic heterocycles. The summed E-state index contributed by atoms with van der Waals surface area (Å²) >= 11 is 0. The Morgan fingerprint density at radius 3 is 2.27 bits per heavy atom. The molecule has 1 N–H and O–H groups in total. The highest BCUT2D eigenvalue weighted by molar-refractivity contribution is 5.22. The van der Waals surface area contributed by atoms with E-state index in [4.69, 9.17) is 0 Å². The summed E-state index contributed by atoms with van der Waals surface area (Å²) in [7, 11) is 4.18. The summed E-state index contributed by atoms with van der Waals surface area (Å²) in [6.45, 7) is 1.47. The lowest BCUT2D eigenvalue weighted by Gasteiger charge is -2.19. The second kappa shape index (κ2) is 1.99. The Labute approximate surface area is 68.2 Å². The van der Waals surface area contributed by atoms with Crippen LogP contribution in [0.15, 0.2) is 0 Å². The topological polar surface area (TPSA) is 23.5 Å². The van der Waals surface area contributed by atoms with E-state index in [0.717, 1.165) is 6.54 Å². The van der Waals surface area contributed by atoms with Gasteiger partial charge in [0.1, 0.15) is 0 Å². The molecule has 0 radical (unpaired) electrons. The summed E-state index contributed by atoms with van der Waals surface area (Å²) < 4.78 is 0. The van der Waals surface area contributed by atoms with Gasteiger partial charge in [-0.1, -0.05) is 0 Å². The molecule has 0 heterocycles. The van der Waals surface area contributed by atoms with Gasteiger partial charge in [0.15, 0.2) is 0 Å². The highest BCUT2D eigenvalue weighted by Crippen LogP contribution is 2.78. The van der Waals surface area contributed by atoms with Gasteiger partial charge in [0.25, 0.3) is 0 Å². The molecule has 0 bridgehead atoms. The summed E-state index contributed by atoms with van der Waals surface area (Å²) in [6.07, 6.45) is 4.00. The highest BCUT2D eigenvalue weighted by atomic mass is 16.3. The molecule has 2 aliphatic rings. The van der Waals surface area contributed by atoms with Crippen LogP contribution in [0.2, 0.25) is 0 Å². The molecule has 2 nitrogen and oxygen atoms in total. The first-order valence-electron chi connectivity index (χ1n) is 4.40. The molecule has 0 saturated heterocycles. The van der Waals surface area contributed by atoms with Crippen molar-refractivity contribution < 1.29 is 5.11 Å². The first-order chi connectivity index (χ1) is 5.14. The van der Waals surface area contributed by atoms with Crippen molar-refractivity contribution in [3.05, 3.63) is 0 Å². The van der Waals surface area contributed by atoms with Gasteiger partial charge in [-0.3, -0.25) is 0 Å². The van der Waals surface area contributed by atoms with Crippen molar-refractivity contribution >= 4 is 0 Å². The molecule has 2 aliphatic carbocycles. The zero-order chi connectivity index (χ0) is 8.11. The normalized spacial score (nSPS) is 38.2. The maximum Gasteiger partial charge on any atom is 0.0505 e. The molecular weight excluding hydrogens is 138 g/mol. The largest absolute Gasteiger partial charge is 0.396 e. The van der Waals surface area contributed by atoms with Crippen LogP contribution in [0.4, 0.5) is 0 Å². The summed E-state index contributed by atoms with van der Waals surface area (Å²) in [5, 5.41) is 9.25. The van der Waals surface area contributed by atoms with Crippen LogP contribution < -0.4 is 0 Å². The number of nitrogens with zero attached hydrogens (tertiary/aromatic N) is 1. The van der Waals surface area contributed by atoms with Gasteiger partial charge in [-0.15, -0.1) is 0 Å². The zero-order valence-electron chi connectivity index (χ0n) is 7.43. The van der Waals surface area contributed by atoms with Crippen LogP contribution in [0.1, 0.15) is 19.3 Å². The Kier molecular flexibility index (Phi) is 1.37. The van der Waals surface area contributed by atoms with Crippen LogP contribution in [0.25, 0.3) is 0 Å². The monoisotopic (exact) mass is 155 g/mol. The number of aliphatic hydroxyl groups is 1. The summed E-state index contributed by atoms with van der Waals surface area (Å²) in [4.78, 5) is 2.20. The SMILES string of the molecule is CN(C)CC1(CO)CC12CC2. The second-order valence-electron chi connectivity index (χ2n) is 4.63. The Balaban J connectivity index is 1.98. The number of hydrogen-bond donors (Lipinski definition) is 1. The van der Waals surface area contributed by atoms with Crippen molar-refractivity contribution in [3.63, 3.8) is 0 Å². The minimum atomic E-state index is 0.302. The minimum absolute atomic E-state index is 0.302. The van der Waals surface area contributed by atoms with Gasteiger partial charge >= 0.3 is 0 Å². The van der Waals surface area contributed by atoms with Crippen molar-refractivity contribution in [3.8, 4) is 0 Å². The van der Waals surface area contributed by atoms with Crippen molar-refractivity contribution in [2.24, 2.45) is 10.8 Å². The third-order valence-corrected chi connectivity index (χ3v) is 3.45. The van der Waals surface area contributed by atoms with Crippen LogP contribution in [-0.2, 0) is 0 Å². The van der Waals surface area contributed by atoms with E-state index in [2.05, 4.69) is 19.0 Å². The first kappa shape index (κ1) is 7.56. The fraction of sp³-hybridized carbons (Fsp3) is 1.00. The molecule has 0 aromatic heterocycles. The third-order valence-electron chi connectivity index (χ3n) is 3.45. The van der Waals surface area contributed by atoms with Crippen LogP contribution in [-0.4, -0.2) is 37.3 Å². The molecule has 2 fully saturated rings. The standard InChI is InChI=1S/C9H17NO/c1-10(2)6-9(7-11)5-8(9)3-4-8/h11H,3-7H2,1-2H3. The van der Waals surface area contributed by atoms with Crippen LogP contribution in [0.5, 0.6) is 0 Å². The average molecular weight is 155 g/mol. The van der Waals surface area contributed by atoms with Gasteiger partial charge in [-0.05, 0) is 38.8 Å². The van der Waals surface area contributed by atoms with E-state index in [1.165, 1.54) is 19.3 Å².